The van der Waals surface area contributed by atoms with Gasteiger partial charge in [-0.15, -0.1) is 0 Å². The number of hydrogen-bond acceptors (Lipinski definition) is 1. The predicted octanol–water partition coefficient (Wildman–Crippen LogP) is 4.14. The average Bonchev–Trinajstić information content (AvgIpc) is 2.28. The zero-order valence-electron chi connectivity index (χ0n) is 11.7. The third-order valence-electron chi connectivity index (χ3n) is 3.52. The largest absolute Gasteiger partial charge is 0.303 e. The Morgan fingerprint density at radius 3 is 1.94 bits per heavy atom. The van der Waals surface area contributed by atoms with Gasteiger partial charge in [0, 0.05) is 5.41 Å². The molecule has 0 bridgehead atoms. The first kappa shape index (κ1) is 14.0. The molecular formula is C16H24O. The highest BCUT2D eigenvalue weighted by molar-refractivity contribution is 5.59. The maximum atomic E-state index is 11.1. The zero-order valence-corrected chi connectivity index (χ0v) is 11.7. The van der Waals surface area contributed by atoms with Crippen molar-refractivity contribution in [2.75, 3.05) is 0 Å². The van der Waals surface area contributed by atoms with Crippen molar-refractivity contribution < 1.29 is 4.79 Å². The van der Waals surface area contributed by atoms with Crippen molar-refractivity contribution in [3.05, 3.63) is 35.4 Å². The first-order chi connectivity index (χ1) is 7.80. The highest BCUT2D eigenvalue weighted by atomic mass is 16.1. The van der Waals surface area contributed by atoms with Crippen molar-refractivity contribution in [3.8, 4) is 0 Å². The minimum absolute atomic E-state index is 0.192. The fourth-order valence-corrected chi connectivity index (χ4v) is 1.84. The van der Waals surface area contributed by atoms with Crippen LogP contribution >= 0.6 is 0 Å². The van der Waals surface area contributed by atoms with Crippen molar-refractivity contribution >= 4 is 6.29 Å². The van der Waals surface area contributed by atoms with Gasteiger partial charge in [-0.1, -0.05) is 58.9 Å². The van der Waals surface area contributed by atoms with Crippen LogP contribution in [0.4, 0.5) is 0 Å². The minimum Gasteiger partial charge on any atom is -0.303 e. The Bertz CT molecular complexity index is 370. The topological polar surface area (TPSA) is 17.1 Å². The summed E-state index contributed by atoms with van der Waals surface area (Å²) in [5, 5.41) is 0. The third-order valence-corrected chi connectivity index (χ3v) is 3.52. The van der Waals surface area contributed by atoms with Crippen LogP contribution in [-0.4, -0.2) is 6.29 Å². The second-order valence-electron chi connectivity index (χ2n) is 6.25. The molecule has 0 spiro atoms. The zero-order chi connectivity index (χ0) is 13.1. The van der Waals surface area contributed by atoms with Crippen molar-refractivity contribution in [2.24, 2.45) is 5.41 Å². The van der Waals surface area contributed by atoms with E-state index in [2.05, 4.69) is 52.0 Å². The average molecular weight is 232 g/mol. The van der Waals surface area contributed by atoms with E-state index in [1.165, 1.54) is 11.1 Å². The van der Waals surface area contributed by atoms with E-state index in [-0.39, 0.29) is 10.8 Å². The summed E-state index contributed by atoms with van der Waals surface area (Å²) in [5.74, 6) is 0. The molecule has 0 amide bonds. The summed E-state index contributed by atoms with van der Waals surface area (Å²) in [6, 6.07) is 8.66. The lowest BCUT2D eigenvalue weighted by molar-refractivity contribution is -0.115. The fourth-order valence-electron chi connectivity index (χ4n) is 1.84. The van der Waals surface area contributed by atoms with Gasteiger partial charge in [-0.3, -0.25) is 0 Å². The quantitative estimate of drug-likeness (QED) is 0.713. The van der Waals surface area contributed by atoms with E-state index in [4.69, 9.17) is 0 Å². The van der Waals surface area contributed by atoms with Crippen LogP contribution in [0.15, 0.2) is 24.3 Å². The van der Waals surface area contributed by atoms with Gasteiger partial charge < -0.3 is 4.79 Å². The normalized spacial score (nSPS) is 15.4. The molecule has 0 aliphatic carbocycles. The lowest BCUT2D eigenvalue weighted by Crippen LogP contribution is -2.20. The van der Waals surface area contributed by atoms with Crippen molar-refractivity contribution in [1.29, 1.82) is 0 Å². The lowest BCUT2D eigenvalue weighted by atomic mass is 9.81. The van der Waals surface area contributed by atoms with Crippen LogP contribution in [0.5, 0.6) is 0 Å². The van der Waals surface area contributed by atoms with E-state index < -0.39 is 0 Å². The summed E-state index contributed by atoms with van der Waals surface area (Å²) in [5.41, 5.74) is 2.56. The molecule has 0 heterocycles. The molecular weight excluding hydrogens is 208 g/mol. The first-order valence-electron chi connectivity index (χ1n) is 6.36. The molecule has 0 saturated carbocycles. The van der Waals surface area contributed by atoms with E-state index in [0.29, 0.717) is 0 Å². The molecule has 1 atom stereocenters. The van der Waals surface area contributed by atoms with Gasteiger partial charge in [-0.2, -0.15) is 0 Å². The molecule has 0 aromatic heterocycles. The monoisotopic (exact) mass is 232 g/mol. The van der Waals surface area contributed by atoms with Crippen molar-refractivity contribution in [3.63, 3.8) is 0 Å². The molecule has 1 aromatic carbocycles. The summed E-state index contributed by atoms with van der Waals surface area (Å²) in [6.07, 6.45) is 2.81. The summed E-state index contributed by atoms with van der Waals surface area (Å²) >= 11 is 0. The van der Waals surface area contributed by atoms with Gasteiger partial charge in [-0.25, -0.2) is 0 Å². The van der Waals surface area contributed by atoms with E-state index in [9.17, 15) is 4.79 Å². The molecule has 1 rings (SSSR count). The lowest BCUT2D eigenvalue weighted by Gasteiger charge is -2.22. The van der Waals surface area contributed by atoms with Crippen LogP contribution < -0.4 is 0 Å². The Morgan fingerprint density at radius 1 is 1.06 bits per heavy atom. The van der Waals surface area contributed by atoms with Gasteiger partial charge in [0.1, 0.15) is 6.29 Å². The maximum absolute atomic E-state index is 11.1. The van der Waals surface area contributed by atoms with Crippen LogP contribution in [0, 0.1) is 5.41 Å². The van der Waals surface area contributed by atoms with Crippen LogP contribution in [0.2, 0.25) is 0 Å². The summed E-state index contributed by atoms with van der Waals surface area (Å²) in [6.45, 7) is 10.7. The van der Waals surface area contributed by atoms with Crippen LogP contribution in [0.1, 0.15) is 52.2 Å². The van der Waals surface area contributed by atoms with Gasteiger partial charge in [-0.05, 0) is 29.4 Å². The van der Waals surface area contributed by atoms with E-state index in [1.54, 1.807) is 0 Å². The molecule has 0 radical (unpaired) electrons. The van der Waals surface area contributed by atoms with Gasteiger partial charge in [0.25, 0.3) is 0 Å². The SMILES string of the molecule is CCC(C)(C=O)Cc1ccc(C(C)(C)C)cc1. The van der Waals surface area contributed by atoms with Gasteiger partial charge in [0.2, 0.25) is 0 Å². The molecule has 0 aliphatic heterocycles. The fraction of sp³-hybridized carbons (Fsp3) is 0.562. The molecule has 94 valence electrons. The molecule has 1 unspecified atom stereocenters. The Labute approximate surface area is 105 Å². The standard InChI is InChI=1S/C16H24O/c1-6-16(5,12-17)11-13-7-9-14(10-8-13)15(2,3)4/h7-10,12H,6,11H2,1-5H3. The number of benzene rings is 1. The highest BCUT2D eigenvalue weighted by Gasteiger charge is 2.22. The molecule has 1 aromatic rings. The van der Waals surface area contributed by atoms with Crippen molar-refractivity contribution in [1.82, 2.24) is 0 Å². The maximum Gasteiger partial charge on any atom is 0.126 e. The molecule has 17 heavy (non-hydrogen) atoms. The van der Waals surface area contributed by atoms with Gasteiger partial charge in [0.15, 0.2) is 0 Å². The Morgan fingerprint density at radius 2 is 1.59 bits per heavy atom. The molecule has 0 aliphatic rings. The molecule has 1 nitrogen and oxygen atoms in total. The molecule has 1 heteroatoms. The molecule has 0 saturated heterocycles. The Kier molecular flexibility index (Phi) is 4.13. The predicted molar refractivity (Wildman–Crippen MR) is 73.3 cm³/mol. The van der Waals surface area contributed by atoms with Crippen LogP contribution in [0.25, 0.3) is 0 Å². The first-order valence-corrected chi connectivity index (χ1v) is 6.36. The van der Waals surface area contributed by atoms with Crippen LogP contribution in [0.3, 0.4) is 0 Å². The Balaban J connectivity index is 2.86. The highest BCUT2D eigenvalue weighted by Crippen LogP contribution is 2.26. The number of carbonyl (C=O) groups is 1. The smallest absolute Gasteiger partial charge is 0.126 e. The van der Waals surface area contributed by atoms with Crippen LogP contribution in [-0.2, 0) is 16.6 Å². The number of aldehydes is 1. The molecule has 0 N–H and O–H groups in total. The minimum atomic E-state index is -0.219. The summed E-state index contributed by atoms with van der Waals surface area (Å²) in [4.78, 5) is 11.1. The van der Waals surface area contributed by atoms with E-state index in [0.717, 1.165) is 19.1 Å². The van der Waals surface area contributed by atoms with Gasteiger partial charge >= 0.3 is 0 Å². The Hall–Kier alpha value is -1.11. The second-order valence-corrected chi connectivity index (χ2v) is 6.25. The van der Waals surface area contributed by atoms with Gasteiger partial charge in [0.05, 0.1) is 0 Å². The van der Waals surface area contributed by atoms with E-state index >= 15 is 0 Å². The molecule has 0 fully saturated rings. The number of rotatable bonds is 4. The number of carbonyl (C=O) groups excluding carboxylic acids is 1. The summed E-state index contributed by atoms with van der Waals surface area (Å²) in [7, 11) is 0. The third kappa shape index (κ3) is 3.69. The number of hydrogen-bond donors (Lipinski definition) is 0. The van der Waals surface area contributed by atoms with E-state index in [1.807, 2.05) is 6.92 Å². The second kappa shape index (κ2) is 5.03. The van der Waals surface area contributed by atoms with Crippen molar-refractivity contribution in [2.45, 2.75) is 52.9 Å². The summed E-state index contributed by atoms with van der Waals surface area (Å²) < 4.78 is 0.